The van der Waals surface area contributed by atoms with Crippen LogP contribution in [-0.2, 0) is 11.0 Å². The van der Waals surface area contributed by atoms with Crippen molar-refractivity contribution in [2.45, 2.75) is 24.9 Å². The fourth-order valence-corrected chi connectivity index (χ4v) is 1.60. The zero-order chi connectivity index (χ0) is 14.3. The molecule has 1 aliphatic rings. The van der Waals surface area contributed by atoms with E-state index in [-0.39, 0.29) is 11.3 Å². The van der Waals surface area contributed by atoms with Gasteiger partial charge in [0.1, 0.15) is 0 Å². The van der Waals surface area contributed by atoms with Crippen LogP contribution in [0.2, 0.25) is 0 Å². The van der Waals surface area contributed by atoms with Gasteiger partial charge in [-0.05, 0) is 12.1 Å². The van der Waals surface area contributed by atoms with Crippen LogP contribution in [0.3, 0.4) is 0 Å². The highest BCUT2D eigenvalue weighted by Gasteiger charge is 2.45. The molecule has 1 atom stereocenters. The summed E-state index contributed by atoms with van der Waals surface area (Å²) in [5.74, 6) is 0. The molecule has 2 rings (SSSR count). The summed E-state index contributed by atoms with van der Waals surface area (Å²) in [6.45, 7) is 0. The van der Waals surface area contributed by atoms with Crippen LogP contribution in [0.5, 0.6) is 0 Å². The Hall–Kier alpha value is -1.73. The Kier molecular flexibility index (Phi) is 3.19. The van der Waals surface area contributed by atoms with Gasteiger partial charge in [-0.1, -0.05) is 17.3 Å². The molecule has 0 spiro atoms. The Morgan fingerprint density at radius 3 is 2.32 bits per heavy atom. The highest BCUT2D eigenvalue weighted by Crippen LogP contribution is 2.33. The SMILES string of the molecule is FC(F)(F)c1cccc(C2=NOC(C(F)(F)F)C2)c1. The molecule has 1 aromatic rings. The van der Waals surface area contributed by atoms with E-state index in [9.17, 15) is 26.3 Å². The molecule has 0 saturated carbocycles. The van der Waals surface area contributed by atoms with Crippen molar-refractivity contribution in [3.63, 3.8) is 0 Å². The minimum absolute atomic E-state index is 0.0263. The molecule has 1 aromatic carbocycles. The molecule has 0 fully saturated rings. The van der Waals surface area contributed by atoms with Gasteiger partial charge in [0, 0.05) is 12.0 Å². The smallest absolute Gasteiger partial charge is 0.382 e. The molecule has 0 aromatic heterocycles. The second-order valence-corrected chi connectivity index (χ2v) is 3.96. The zero-order valence-electron chi connectivity index (χ0n) is 9.22. The van der Waals surface area contributed by atoms with Crippen LogP contribution in [0.1, 0.15) is 17.5 Å². The van der Waals surface area contributed by atoms with E-state index in [1.54, 1.807) is 0 Å². The average Bonchev–Trinajstić information content (AvgIpc) is 2.77. The molecule has 0 saturated heterocycles. The first-order valence-corrected chi connectivity index (χ1v) is 5.15. The van der Waals surface area contributed by atoms with Crippen molar-refractivity contribution in [1.29, 1.82) is 0 Å². The summed E-state index contributed by atoms with van der Waals surface area (Å²) in [5, 5.41) is 3.21. The van der Waals surface area contributed by atoms with Crippen LogP contribution < -0.4 is 0 Å². The molecule has 2 nitrogen and oxygen atoms in total. The number of nitrogens with zero attached hydrogens (tertiary/aromatic N) is 1. The maximum Gasteiger partial charge on any atom is 0.428 e. The highest BCUT2D eigenvalue weighted by molar-refractivity contribution is 6.01. The molecule has 104 valence electrons. The predicted molar refractivity (Wildman–Crippen MR) is 53.5 cm³/mol. The van der Waals surface area contributed by atoms with Crippen molar-refractivity contribution in [2.75, 3.05) is 0 Å². The van der Waals surface area contributed by atoms with Crippen LogP contribution in [-0.4, -0.2) is 18.0 Å². The first kappa shape index (κ1) is 13.7. The lowest BCUT2D eigenvalue weighted by atomic mass is 10.0. The predicted octanol–water partition coefficient (Wildman–Crippen LogP) is 3.76. The van der Waals surface area contributed by atoms with Crippen molar-refractivity contribution in [3.05, 3.63) is 35.4 Å². The largest absolute Gasteiger partial charge is 0.428 e. The van der Waals surface area contributed by atoms with E-state index in [1.165, 1.54) is 6.07 Å². The van der Waals surface area contributed by atoms with Crippen LogP contribution >= 0.6 is 0 Å². The second-order valence-electron chi connectivity index (χ2n) is 3.96. The molecular formula is C11H7F6NO. The lowest BCUT2D eigenvalue weighted by molar-refractivity contribution is -0.212. The van der Waals surface area contributed by atoms with Crippen molar-refractivity contribution in [1.82, 2.24) is 0 Å². The van der Waals surface area contributed by atoms with E-state index in [1.807, 2.05) is 0 Å². The normalized spacial score (nSPS) is 20.1. The second kappa shape index (κ2) is 4.43. The Morgan fingerprint density at radius 1 is 1.11 bits per heavy atom. The zero-order valence-corrected chi connectivity index (χ0v) is 9.22. The van der Waals surface area contributed by atoms with E-state index in [0.717, 1.165) is 18.2 Å². The number of hydrogen-bond donors (Lipinski definition) is 0. The van der Waals surface area contributed by atoms with E-state index in [4.69, 9.17) is 0 Å². The van der Waals surface area contributed by atoms with E-state index in [0.29, 0.717) is 0 Å². The van der Waals surface area contributed by atoms with Crippen LogP contribution in [0.15, 0.2) is 29.4 Å². The van der Waals surface area contributed by atoms with Gasteiger partial charge in [-0.3, -0.25) is 0 Å². The lowest BCUT2D eigenvalue weighted by Gasteiger charge is -2.11. The Labute approximate surface area is 103 Å². The monoisotopic (exact) mass is 283 g/mol. The molecule has 0 amide bonds. The summed E-state index contributed by atoms with van der Waals surface area (Å²) in [5.41, 5.74) is -1.11. The van der Waals surface area contributed by atoms with Gasteiger partial charge in [0.2, 0.25) is 6.10 Å². The van der Waals surface area contributed by atoms with E-state index >= 15 is 0 Å². The molecule has 1 unspecified atom stereocenters. The van der Waals surface area contributed by atoms with Gasteiger partial charge in [-0.2, -0.15) is 26.3 Å². The van der Waals surface area contributed by atoms with Gasteiger partial charge in [-0.15, -0.1) is 0 Å². The highest BCUT2D eigenvalue weighted by atomic mass is 19.4. The van der Waals surface area contributed by atoms with Gasteiger partial charge in [0.05, 0.1) is 11.3 Å². The van der Waals surface area contributed by atoms with E-state index < -0.39 is 30.4 Å². The average molecular weight is 283 g/mol. The number of oxime groups is 1. The number of hydrogen-bond acceptors (Lipinski definition) is 2. The fourth-order valence-electron chi connectivity index (χ4n) is 1.60. The standard InChI is InChI=1S/C11H7F6NO/c12-10(13,14)7-3-1-2-6(4-7)8-5-9(19-18-8)11(15,16)17/h1-4,9H,5H2. The van der Waals surface area contributed by atoms with Crippen molar-refractivity contribution in [3.8, 4) is 0 Å². The third-order valence-corrected chi connectivity index (χ3v) is 2.56. The van der Waals surface area contributed by atoms with Gasteiger partial charge in [-0.25, -0.2) is 0 Å². The van der Waals surface area contributed by atoms with Crippen LogP contribution in [0, 0.1) is 0 Å². The number of benzene rings is 1. The molecular weight excluding hydrogens is 276 g/mol. The molecule has 1 aliphatic heterocycles. The molecule has 0 N–H and O–H groups in total. The minimum Gasteiger partial charge on any atom is -0.382 e. The quantitative estimate of drug-likeness (QED) is 0.719. The third kappa shape index (κ3) is 2.99. The molecule has 19 heavy (non-hydrogen) atoms. The number of alkyl halides is 6. The first-order valence-electron chi connectivity index (χ1n) is 5.15. The van der Waals surface area contributed by atoms with Crippen molar-refractivity contribution >= 4 is 5.71 Å². The molecule has 0 bridgehead atoms. The van der Waals surface area contributed by atoms with E-state index in [2.05, 4.69) is 9.99 Å². The Morgan fingerprint density at radius 2 is 1.79 bits per heavy atom. The van der Waals surface area contributed by atoms with Gasteiger partial charge < -0.3 is 4.84 Å². The third-order valence-electron chi connectivity index (χ3n) is 2.56. The summed E-state index contributed by atoms with van der Waals surface area (Å²) < 4.78 is 74.4. The summed E-state index contributed by atoms with van der Waals surface area (Å²) >= 11 is 0. The molecule has 8 heteroatoms. The van der Waals surface area contributed by atoms with Gasteiger partial charge >= 0.3 is 12.4 Å². The van der Waals surface area contributed by atoms with Crippen molar-refractivity contribution < 1.29 is 31.2 Å². The first-order chi connectivity index (χ1) is 8.68. The van der Waals surface area contributed by atoms with Gasteiger partial charge in [0.25, 0.3) is 0 Å². The Bertz CT molecular complexity index is 505. The van der Waals surface area contributed by atoms with Crippen molar-refractivity contribution in [2.24, 2.45) is 5.16 Å². The maximum atomic E-state index is 12.5. The Balaban J connectivity index is 2.21. The topological polar surface area (TPSA) is 21.6 Å². The minimum atomic E-state index is -4.59. The van der Waals surface area contributed by atoms with Gasteiger partial charge in [0.15, 0.2) is 0 Å². The summed E-state index contributed by atoms with van der Waals surface area (Å²) in [7, 11) is 0. The summed E-state index contributed by atoms with van der Waals surface area (Å²) in [6, 6.07) is 3.96. The summed E-state index contributed by atoms with van der Waals surface area (Å²) in [4.78, 5) is 4.19. The number of halogens is 6. The van der Waals surface area contributed by atoms with Crippen LogP contribution in [0.25, 0.3) is 0 Å². The van der Waals surface area contributed by atoms with Crippen LogP contribution in [0.4, 0.5) is 26.3 Å². The molecule has 0 aliphatic carbocycles. The summed E-state index contributed by atoms with van der Waals surface area (Å²) in [6.07, 6.45) is -11.8. The number of rotatable bonds is 1. The lowest BCUT2D eigenvalue weighted by Crippen LogP contribution is -2.28. The molecule has 0 radical (unpaired) electrons. The fraction of sp³-hybridized carbons (Fsp3) is 0.364. The molecule has 1 heterocycles. The maximum absolute atomic E-state index is 12.5.